The summed E-state index contributed by atoms with van der Waals surface area (Å²) < 4.78 is 5.89. The Morgan fingerprint density at radius 3 is 2.88 bits per heavy atom. The summed E-state index contributed by atoms with van der Waals surface area (Å²) in [7, 11) is 1.59. The highest BCUT2D eigenvalue weighted by atomic mass is 79.9. The lowest BCUT2D eigenvalue weighted by atomic mass is 10.2. The van der Waals surface area contributed by atoms with Crippen molar-refractivity contribution in [2.24, 2.45) is 0 Å². The second-order valence-electron chi connectivity index (χ2n) is 3.43. The van der Waals surface area contributed by atoms with Crippen LogP contribution in [0.1, 0.15) is 5.56 Å². The van der Waals surface area contributed by atoms with Gasteiger partial charge in [0.05, 0.1) is 11.6 Å². The minimum absolute atomic E-state index is 0.551. The predicted octanol–water partition coefficient (Wildman–Crippen LogP) is 3.71. The molecular weight excluding hydrogens is 300 g/mol. The zero-order chi connectivity index (χ0) is 12.3. The second kappa shape index (κ2) is 5.51. The van der Waals surface area contributed by atoms with Crippen LogP contribution in [0.15, 0.2) is 45.0 Å². The van der Waals surface area contributed by atoms with Crippen molar-refractivity contribution in [1.29, 1.82) is 0 Å². The van der Waals surface area contributed by atoms with Crippen molar-refractivity contribution in [1.82, 2.24) is 9.97 Å². The molecule has 0 saturated heterocycles. The molecule has 2 aromatic rings. The normalized spacial score (nSPS) is 10.3. The SMILES string of the molecule is COc1nc(Sc2cccc(C)c2)ncc1Br. The summed E-state index contributed by atoms with van der Waals surface area (Å²) in [6, 6.07) is 8.22. The van der Waals surface area contributed by atoms with Gasteiger partial charge in [0.1, 0.15) is 0 Å². The summed E-state index contributed by atoms with van der Waals surface area (Å²) in [4.78, 5) is 9.66. The predicted molar refractivity (Wildman–Crippen MR) is 71.6 cm³/mol. The Morgan fingerprint density at radius 2 is 2.18 bits per heavy atom. The molecule has 1 aromatic carbocycles. The quantitative estimate of drug-likeness (QED) is 0.810. The summed E-state index contributed by atoms with van der Waals surface area (Å²) in [5.41, 5.74) is 1.22. The van der Waals surface area contributed by atoms with Crippen LogP contribution in [0.2, 0.25) is 0 Å². The molecule has 0 aliphatic carbocycles. The van der Waals surface area contributed by atoms with Gasteiger partial charge in [0.25, 0.3) is 0 Å². The molecule has 5 heteroatoms. The highest BCUT2D eigenvalue weighted by Gasteiger charge is 2.06. The van der Waals surface area contributed by atoms with Gasteiger partial charge in [0.15, 0.2) is 5.16 Å². The largest absolute Gasteiger partial charge is 0.480 e. The lowest BCUT2D eigenvalue weighted by Crippen LogP contribution is -1.93. The molecule has 0 aliphatic rings. The molecule has 0 fully saturated rings. The molecule has 88 valence electrons. The topological polar surface area (TPSA) is 35.0 Å². The van der Waals surface area contributed by atoms with E-state index >= 15 is 0 Å². The number of nitrogens with zero attached hydrogens (tertiary/aromatic N) is 2. The van der Waals surface area contributed by atoms with Gasteiger partial charge in [-0.2, -0.15) is 4.98 Å². The first kappa shape index (κ1) is 12.4. The molecule has 0 atom stereocenters. The van der Waals surface area contributed by atoms with E-state index in [4.69, 9.17) is 4.74 Å². The van der Waals surface area contributed by atoms with Crippen LogP contribution < -0.4 is 4.74 Å². The molecule has 3 nitrogen and oxygen atoms in total. The van der Waals surface area contributed by atoms with Crippen LogP contribution in [-0.4, -0.2) is 17.1 Å². The Hall–Kier alpha value is -1.07. The third-order valence-electron chi connectivity index (χ3n) is 2.08. The number of hydrogen-bond donors (Lipinski definition) is 0. The Morgan fingerprint density at radius 1 is 1.35 bits per heavy atom. The molecule has 0 bridgehead atoms. The number of aryl methyl sites for hydroxylation is 1. The van der Waals surface area contributed by atoms with Crippen LogP contribution >= 0.6 is 27.7 Å². The van der Waals surface area contributed by atoms with Crippen LogP contribution in [0.5, 0.6) is 5.88 Å². The van der Waals surface area contributed by atoms with Gasteiger partial charge < -0.3 is 4.74 Å². The van der Waals surface area contributed by atoms with E-state index in [-0.39, 0.29) is 0 Å². The monoisotopic (exact) mass is 310 g/mol. The first-order valence-corrected chi connectivity index (χ1v) is 6.61. The van der Waals surface area contributed by atoms with Crippen molar-refractivity contribution >= 4 is 27.7 Å². The number of ether oxygens (including phenoxy) is 1. The van der Waals surface area contributed by atoms with E-state index in [0.29, 0.717) is 11.0 Å². The van der Waals surface area contributed by atoms with Crippen molar-refractivity contribution in [3.05, 3.63) is 40.5 Å². The fourth-order valence-corrected chi connectivity index (χ4v) is 2.50. The zero-order valence-corrected chi connectivity index (χ0v) is 11.9. The number of rotatable bonds is 3. The van der Waals surface area contributed by atoms with Gasteiger partial charge in [-0.3, -0.25) is 0 Å². The summed E-state index contributed by atoms with van der Waals surface area (Å²) in [5, 5.41) is 0.677. The van der Waals surface area contributed by atoms with Gasteiger partial charge in [-0.05, 0) is 46.7 Å². The van der Waals surface area contributed by atoms with Gasteiger partial charge in [0, 0.05) is 11.1 Å². The molecule has 1 heterocycles. The molecule has 0 aliphatic heterocycles. The highest BCUT2D eigenvalue weighted by Crippen LogP contribution is 2.29. The summed E-state index contributed by atoms with van der Waals surface area (Å²) in [6.45, 7) is 2.06. The van der Waals surface area contributed by atoms with Crippen molar-refractivity contribution in [2.75, 3.05) is 7.11 Å². The average molecular weight is 311 g/mol. The Kier molecular flexibility index (Phi) is 4.02. The number of halogens is 1. The Balaban J connectivity index is 2.24. The molecule has 17 heavy (non-hydrogen) atoms. The zero-order valence-electron chi connectivity index (χ0n) is 9.48. The van der Waals surface area contributed by atoms with Gasteiger partial charge in [0.2, 0.25) is 5.88 Å². The first-order valence-electron chi connectivity index (χ1n) is 5.00. The lowest BCUT2D eigenvalue weighted by molar-refractivity contribution is 0.389. The highest BCUT2D eigenvalue weighted by molar-refractivity contribution is 9.10. The Bertz CT molecular complexity index is 534. The molecule has 1 aromatic heterocycles. The smallest absolute Gasteiger partial charge is 0.231 e. The number of benzene rings is 1. The summed E-state index contributed by atoms with van der Waals surface area (Å²) >= 11 is 4.85. The number of aromatic nitrogens is 2. The maximum atomic E-state index is 5.14. The minimum Gasteiger partial charge on any atom is -0.480 e. The van der Waals surface area contributed by atoms with E-state index in [0.717, 1.165) is 9.37 Å². The van der Waals surface area contributed by atoms with Gasteiger partial charge in [-0.15, -0.1) is 0 Å². The molecule has 0 radical (unpaired) electrons. The fraction of sp³-hybridized carbons (Fsp3) is 0.167. The van der Waals surface area contributed by atoms with Crippen LogP contribution in [0.25, 0.3) is 0 Å². The maximum Gasteiger partial charge on any atom is 0.231 e. The van der Waals surface area contributed by atoms with Gasteiger partial charge >= 0.3 is 0 Å². The van der Waals surface area contributed by atoms with E-state index < -0.39 is 0 Å². The molecule has 0 N–H and O–H groups in total. The maximum absolute atomic E-state index is 5.14. The van der Waals surface area contributed by atoms with E-state index in [1.165, 1.54) is 17.3 Å². The molecule has 0 spiro atoms. The van der Waals surface area contributed by atoms with Crippen LogP contribution in [-0.2, 0) is 0 Å². The Labute approximate surface area is 113 Å². The van der Waals surface area contributed by atoms with E-state index in [1.807, 2.05) is 12.1 Å². The van der Waals surface area contributed by atoms with Crippen LogP contribution in [0.4, 0.5) is 0 Å². The standard InChI is InChI=1S/C12H11BrN2OS/c1-8-4-3-5-9(6-8)17-12-14-7-10(13)11(15-12)16-2/h3-7H,1-2H3. The summed E-state index contributed by atoms with van der Waals surface area (Å²) in [5.74, 6) is 0.551. The molecule has 0 unspecified atom stereocenters. The van der Waals surface area contributed by atoms with Crippen molar-refractivity contribution in [3.63, 3.8) is 0 Å². The third-order valence-corrected chi connectivity index (χ3v) is 3.49. The van der Waals surface area contributed by atoms with Crippen LogP contribution in [0.3, 0.4) is 0 Å². The van der Waals surface area contributed by atoms with E-state index in [9.17, 15) is 0 Å². The van der Waals surface area contributed by atoms with Crippen molar-refractivity contribution in [2.45, 2.75) is 17.0 Å². The molecule has 0 saturated carbocycles. The molecule has 2 rings (SSSR count). The van der Waals surface area contributed by atoms with Gasteiger partial charge in [-0.1, -0.05) is 17.7 Å². The fourth-order valence-electron chi connectivity index (χ4n) is 1.31. The molecular formula is C12H11BrN2OS. The van der Waals surface area contributed by atoms with Gasteiger partial charge in [-0.25, -0.2) is 4.98 Å². The number of hydrogen-bond acceptors (Lipinski definition) is 4. The van der Waals surface area contributed by atoms with Crippen molar-refractivity contribution < 1.29 is 4.74 Å². The van der Waals surface area contributed by atoms with E-state index in [2.05, 4.69) is 45.0 Å². The third kappa shape index (κ3) is 3.20. The minimum atomic E-state index is 0.551. The van der Waals surface area contributed by atoms with Crippen LogP contribution in [0, 0.1) is 6.92 Å². The summed E-state index contributed by atoms with van der Waals surface area (Å²) in [6.07, 6.45) is 1.70. The van der Waals surface area contributed by atoms with E-state index in [1.54, 1.807) is 13.3 Å². The average Bonchev–Trinajstić information content (AvgIpc) is 2.32. The number of methoxy groups -OCH3 is 1. The first-order chi connectivity index (χ1) is 8.19. The van der Waals surface area contributed by atoms with Crippen molar-refractivity contribution in [3.8, 4) is 5.88 Å². The lowest BCUT2D eigenvalue weighted by Gasteiger charge is -2.04. The second-order valence-corrected chi connectivity index (χ2v) is 5.32. The molecule has 0 amide bonds.